The SMILES string of the molecule is CCOC(=O)[C@H](C)Sc1ncnc2c1nnn2-c1ccc(C)cc1. The highest BCUT2D eigenvalue weighted by Crippen LogP contribution is 2.27. The highest BCUT2D eigenvalue weighted by molar-refractivity contribution is 8.00. The van der Waals surface area contributed by atoms with E-state index in [4.69, 9.17) is 4.74 Å². The van der Waals surface area contributed by atoms with Crippen LogP contribution in [-0.4, -0.2) is 42.8 Å². The smallest absolute Gasteiger partial charge is 0.319 e. The monoisotopic (exact) mass is 343 g/mol. The summed E-state index contributed by atoms with van der Waals surface area (Å²) in [6, 6.07) is 7.92. The number of benzene rings is 1. The number of carbonyl (C=O) groups excluding carboxylic acids is 1. The number of thioether (sulfide) groups is 1. The fraction of sp³-hybridized carbons (Fsp3) is 0.312. The Labute approximate surface area is 143 Å². The van der Waals surface area contributed by atoms with Crippen LogP contribution < -0.4 is 0 Å². The standard InChI is InChI=1S/C16H17N5O2S/c1-4-23-16(22)11(3)24-15-13-14(17-9-18-15)21(20-19-13)12-7-5-10(2)6-8-12/h5-9,11H,4H2,1-3H3/t11-/m0/s1. The van der Waals surface area contributed by atoms with Crippen LogP contribution in [0.15, 0.2) is 35.6 Å². The molecule has 0 radical (unpaired) electrons. The summed E-state index contributed by atoms with van der Waals surface area (Å²) in [5, 5.41) is 8.60. The average Bonchev–Trinajstić information content (AvgIpc) is 3.01. The third-order valence-electron chi connectivity index (χ3n) is 3.39. The molecule has 0 amide bonds. The Hall–Kier alpha value is -2.48. The summed E-state index contributed by atoms with van der Waals surface area (Å²) in [5.41, 5.74) is 3.21. The molecule has 3 aromatic rings. The van der Waals surface area contributed by atoms with Gasteiger partial charge >= 0.3 is 5.97 Å². The van der Waals surface area contributed by atoms with E-state index in [0.29, 0.717) is 22.8 Å². The number of rotatable bonds is 5. The van der Waals surface area contributed by atoms with E-state index in [1.54, 1.807) is 18.5 Å². The number of aryl methyl sites for hydroxylation is 1. The van der Waals surface area contributed by atoms with E-state index in [1.807, 2.05) is 31.2 Å². The van der Waals surface area contributed by atoms with E-state index in [9.17, 15) is 4.79 Å². The van der Waals surface area contributed by atoms with Crippen LogP contribution in [0.3, 0.4) is 0 Å². The summed E-state index contributed by atoms with van der Waals surface area (Å²) in [4.78, 5) is 20.3. The summed E-state index contributed by atoms with van der Waals surface area (Å²) in [5.74, 6) is -0.278. The van der Waals surface area contributed by atoms with Gasteiger partial charge in [0.2, 0.25) is 0 Å². The first-order chi connectivity index (χ1) is 11.6. The minimum atomic E-state index is -0.382. The van der Waals surface area contributed by atoms with Gasteiger partial charge < -0.3 is 4.74 Å². The molecule has 1 aromatic carbocycles. The van der Waals surface area contributed by atoms with Gasteiger partial charge in [-0.25, -0.2) is 9.97 Å². The third-order valence-corrected chi connectivity index (χ3v) is 4.46. The van der Waals surface area contributed by atoms with Crippen molar-refractivity contribution in [3.8, 4) is 5.69 Å². The zero-order valence-corrected chi connectivity index (χ0v) is 14.4. The largest absolute Gasteiger partial charge is 0.465 e. The van der Waals surface area contributed by atoms with Gasteiger partial charge in [-0.2, -0.15) is 4.68 Å². The summed E-state index contributed by atoms with van der Waals surface area (Å²) in [6.45, 7) is 5.94. The molecule has 0 fully saturated rings. The molecule has 0 aliphatic heterocycles. The maximum atomic E-state index is 11.8. The number of ether oxygens (including phenoxy) is 1. The summed E-state index contributed by atoms with van der Waals surface area (Å²) in [6.07, 6.45) is 1.45. The van der Waals surface area contributed by atoms with Crippen molar-refractivity contribution >= 4 is 28.9 Å². The predicted molar refractivity (Wildman–Crippen MR) is 91.1 cm³/mol. The Balaban J connectivity index is 1.94. The molecule has 1 atom stereocenters. The molecule has 2 aromatic heterocycles. The molecule has 124 valence electrons. The van der Waals surface area contributed by atoms with Crippen LogP contribution in [0.4, 0.5) is 0 Å². The number of esters is 1. The van der Waals surface area contributed by atoms with E-state index in [0.717, 1.165) is 11.3 Å². The number of carbonyl (C=O) groups is 1. The van der Waals surface area contributed by atoms with Gasteiger partial charge in [0.15, 0.2) is 11.2 Å². The predicted octanol–water partition coefficient (Wildman–Crippen LogP) is 2.56. The number of fused-ring (bicyclic) bond motifs is 1. The lowest BCUT2D eigenvalue weighted by Crippen LogP contribution is -2.16. The maximum Gasteiger partial charge on any atom is 0.319 e. The van der Waals surface area contributed by atoms with Crippen molar-refractivity contribution in [1.82, 2.24) is 25.0 Å². The fourth-order valence-corrected chi connectivity index (χ4v) is 3.00. The van der Waals surface area contributed by atoms with Crippen molar-refractivity contribution in [3.05, 3.63) is 36.2 Å². The Morgan fingerprint density at radius 3 is 2.75 bits per heavy atom. The highest BCUT2D eigenvalue weighted by Gasteiger charge is 2.20. The Morgan fingerprint density at radius 1 is 1.29 bits per heavy atom. The van der Waals surface area contributed by atoms with Crippen LogP contribution in [-0.2, 0) is 9.53 Å². The van der Waals surface area contributed by atoms with E-state index >= 15 is 0 Å². The minimum Gasteiger partial charge on any atom is -0.465 e. The topological polar surface area (TPSA) is 82.8 Å². The van der Waals surface area contributed by atoms with Gasteiger partial charge in [0, 0.05) is 0 Å². The van der Waals surface area contributed by atoms with Crippen LogP contribution in [0, 0.1) is 6.92 Å². The van der Waals surface area contributed by atoms with Crippen molar-refractivity contribution in [2.45, 2.75) is 31.0 Å². The summed E-state index contributed by atoms with van der Waals surface area (Å²) < 4.78 is 6.69. The first-order valence-corrected chi connectivity index (χ1v) is 8.45. The second-order valence-corrected chi connectivity index (χ2v) is 6.53. The molecule has 0 aliphatic rings. The molecule has 0 aliphatic carbocycles. The van der Waals surface area contributed by atoms with Gasteiger partial charge in [-0.1, -0.05) is 34.7 Å². The van der Waals surface area contributed by atoms with E-state index < -0.39 is 0 Å². The Kier molecular flexibility index (Phi) is 4.75. The normalized spacial score (nSPS) is 12.3. The van der Waals surface area contributed by atoms with Crippen LogP contribution >= 0.6 is 11.8 Å². The van der Waals surface area contributed by atoms with Crippen molar-refractivity contribution < 1.29 is 9.53 Å². The van der Waals surface area contributed by atoms with E-state index in [-0.39, 0.29) is 11.2 Å². The molecule has 24 heavy (non-hydrogen) atoms. The molecule has 0 bridgehead atoms. The van der Waals surface area contributed by atoms with Crippen LogP contribution in [0.25, 0.3) is 16.9 Å². The van der Waals surface area contributed by atoms with E-state index in [1.165, 1.54) is 18.1 Å². The molecule has 0 N–H and O–H groups in total. The van der Waals surface area contributed by atoms with Gasteiger partial charge in [0.1, 0.15) is 16.6 Å². The van der Waals surface area contributed by atoms with Crippen LogP contribution in [0.1, 0.15) is 19.4 Å². The van der Waals surface area contributed by atoms with Crippen molar-refractivity contribution in [2.75, 3.05) is 6.61 Å². The first-order valence-electron chi connectivity index (χ1n) is 7.57. The van der Waals surface area contributed by atoms with Crippen LogP contribution in [0.5, 0.6) is 0 Å². The van der Waals surface area contributed by atoms with Crippen molar-refractivity contribution in [3.63, 3.8) is 0 Å². The first kappa shape index (κ1) is 16.4. The zero-order valence-electron chi connectivity index (χ0n) is 13.6. The number of hydrogen-bond acceptors (Lipinski definition) is 7. The van der Waals surface area contributed by atoms with Gasteiger partial charge in [0.25, 0.3) is 0 Å². The molecule has 0 unspecified atom stereocenters. The van der Waals surface area contributed by atoms with E-state index in [2.05, 4.69) is 20.3 Å². The molecular formula is C16H17N5O2S. The average molecular weight is 343 g/mol. The Morgan fingerprint density at radius 2 is 2.04 bits per heavy atom. The van der Waals surface area contributed by atoms with Crippen LogP contribution in [0.2, 0.25) is 0 Å². The molecule has 8 heteroatoms. The second-order valence-electron chi connectivity index (χ2n) is 5.20. The lowest BCUT2D eigenvalue weighted by atomic mass is 10.2. The molecule has 0 saturated heterocycles. The molecule has 0 saturated carbocycles. The Bertz CT molecular complexity index is 863. The molecule has 7 nitrogen and oxygen atoms in total. The van der Waals surface area contributed by atoms with Gasteiger partial charge in [0.05, 0.1) is 12.3 Å². The lowest BCUT2D eigenvalue weighted by molar-refractivity contribution is -0.142. The lowest BCUT2D eigenvalue weighted by Gasteiger charge is -2.09. The number of nitrogens with zero attached hydrogens (tertiary/aromatic N) is 5. The number of hydrogen-bond donors (Lipinski definition) is 0. The summed E-state index contributed by atoms with van der Waals surface area (Å²) in [7, 11) is 0. The quantitative estimate of drug-likeness (QED) is 0.400. The number of aromatic nitrogens is 5. The molecule has 3 rings (SSSR count). The minimum absolute atomic E-state index is 0.278. The second kappa shape index (κ2) is 6.96. The van der Waals surface area contributed by atoms with Crippen molar-refractivity contribution in [2.24, 2.45) is 0 Å². The van der Waals surface area contributed by atoms with Gasteiger partial charge in [-0.3, -0.25) is 4.79 Å². The maximum absolute atomic E-state index is 11.8. The highest BCUT2D eigenvalue weighted by atomic mass is 32.2. The summed E-state index contributed by atoms with van der Waals surface area (Å²) >= 11 is 1.29. The van der Waals surface area contributed by atoms with Crippen molar-refractivity contribution in [1.29, 1.82) is 0 Å². The fourth-order valence-electron chi connectivity index (χ4n) is 2.15. The zero-order chi connectivity index (χ0) is 17.1. The third kappa shape index (κ3) is 3.23. The van der Waals surface area contributed by atoms with Gasteiger partial charge in [-0.15, -0.1) is 5.10 Å². The van der Waals surface area contributed by atoms with Gasteiger partial charge in [-0.05, 0) is 32.9 Å². The molecule has 0 spiro atoms. The molecular weight excluding hydrogens is 326 g/mol. The molecule has 2 heterocycles.